The van der Waals surface area contributed by atoms with Gasteiger partial charge in [0.2, 0.25) is 0 Å². The summed E-state index contributed by atoms with van der Waals surface area (Å²) in [6.45, 7) is 0.0666. The van der Waals surface area contributed by atoms with Crippen LogP contribution < -0.4 is 15.4 Å². The molecule has 156 valence electrons. The van der Waals surface area contributed by atoms with Gasteiger partial charge in [-0.1, -0.05) is 18.2 Å². The molecule has 1 aliphatic heterocycles. The van der Waals surface area contributed by atoms with Gasteiger partial charge in [0.15, 0.2) is 9.84 Å². The number of hydrogen-bond donors (Lipinski definition) is 2. The van der Waals surface area contributed by atoms with Crippen LogP contribution in [-0.4, -0.2) is 37.6 Å². The molecule has 1 saturated heterocycles. The van der Waals surface area contributed by atoms with Gasteiger partial charge in [-0.05, 0) is 36.8 Å². The van der Waals surface area contributed by atoms with Crippen LogP contribution in [0.3, 0.4) is 0 Å². The Kier molecular flexibility index (Phi) is 6.11. The van der Waals surface area contributed by atoms with Crippen LogP contribution in [0, 0.1) is 10.1 Å². The maximum atomic E-state index is 12.3. The summed E-state index contributed by atoms with van der Waals surface area (Å²) < 4.78 is 30.0. The molecule has 0 spiro atoms. The van der Waals surface area contributed by atoms with Crippen LogP contribution in [0.1, 0.15) is 12.0 Å². The summed E-state index contributed by atoms with van der Waals surface area (Å²) in [6, 6.07) is 11.2. The third-order valence-corrected chi connectivity index (χ3v) is 5.96. The zero-order chi connectivity index (χ0) is 21.7. The van der Waals surface area contributed by atoms with Gasteiger partial charge in [0.25, 0.3) is 11.6 Å². The number of nitro benzene ring substituents is 1. The SMILES string of the molecule is O=C1NC(=O)/C(=C\c2cc(OCCCS(=O)(=O)c3ccccc3)ccc2[N+](=O)[O-])N1. The molecule has 11 heteroatoms. The predicted molar refractivity (Wildman–Crippen MR) is 106 cm³/mol. The summed E-state index contributed by atoms with van der Waals surface area (Å²) in [5, 5.41) is 15.5. The Labute approximate surface area is 171 Å². The molecule has 0 radical (unpaired) electrons. The summed E-state index contributed by atoms with van der Waals surface area (Å²) in [5.41, 5.74) is -0.355. The zero-order valence-corrected chi connectivity index (χ0v) is 16.3. The summed E-state index contributed by atoms with van der Waals surface area (Å²) in [4.78, 5) is 33.7. The van der Waals surface area contributed by atoms with Crippen LogP contribution >= 0.6 is 0 Å². The van der Waals surface area contributed by atoms with Crippen LogP contribution in [0.4, 0.5) is 10.5 Å². The topological polar surface area (TPSA) is 145 Å². The van der Waals surface area contributed by atoms with E-state index in [4.69, 9.17) is 4.74 Å². The second kappa shape index (κ2) is 8.74. The number of hydrogen-bond acceptors (Lipinski definition) is 7. The number of carbonyl (C=O) groups is 2. The van der Waals surface area contributed by atoms with E-state index in [9.17, 15) is 28.1 Å². The molecule has 1 aliphatic rings. The molecule has 1 fully saturated rings. The van der Waals surface area contributed by atoms with Crippen molar-refractivity contribution in [2.45, 2.75) is 11.3 Å². The first-order valence-electron chi connectivity index (χ1n) is 8.79. The average Bonchev–Trinajstić information content (AvgIpc) is 3.02. The lowest BCUT2D eigenvalue weighted by atomic mass is 10.1. The minimum absolute atomic E-state index is 0.0572. The van der Waals surface area contributed by atoms with E-state index >= 15 is 0 Å². The van der Waals surface area contributed by atoms with Gasteiger partial charge in [-0.3, -0.25) is 20.2 Å². The van der Waals surface area contributed by atoms with Crippen molar-refractivity contribution in [3.05, 3.63) is 69.9 Å². The molecule has 0 saturated carbocycles. The van der Waals surface area contributed by atoms with E-state index < -0.39 is 26.7 Å². The highest BCUT2D eigenvalue weighted by Gasteiger charge is 2.24. The van der Waals surface area contributed by atoms with Gasteiger partial charge in [-0.15, -0.1) is 0 Å². The van der Waals surface area contributed by atoms with Crippen LogP contribution in [0.2, 0.25) is 0 Å². The number of nitrogens with one attached hydrogen (secondary N) is 2. The Balaban J connectivity index is 1.68. The van der Waals surface area contributed by atoms with Gasteiger partial charge < -0.3 is 10.1 Å². The quantitative estimate of drug-likeness (QED) is 0.214. The van der Waals surface area contributed by atoms with Crippen molar-refractivity contribution in [2.75, 3.05) is 12.4 Å². The largest absolute Gasteiger partial charge is 0.494 e. The maximum absolute atomic E-state index is 12.3. The molecule has 2 N–H and O–H groups in total. The molecular formula is C19H17N3O7S. The van der Waals surface area contributed by atoms with E-state index in [0.29, 0.717) is 0 Å². The van der Waals surface area contributed by atoms with E-state index in [0.717, 1.165) is 0 Å². The van der Waals surface area contributed by atoms with Gasteiger partial charge in [0.05, 0.1) is 27.7 Å². The molecule has 2 aromatic rings. The molecule has 0 aromatic heterocycles. The first-order valence-corrected chi connectivity index (χ1v) is 10.4. The molecular weight excluding hydrogens is 414 g/mol. The summed E-state index contributed by atoms with van der Waals surface area (Å²) in [5.74, 6) is -0.561. The van der Waals surface area contributed by atoms with E-state index in [1.807, 2.05) is 5.32 Å². The Hall–Kier alpha value is -3.73. The smallest absolute Gasteiger partial charge is 0.326 e. The Morgan fingerprint density at radius 3 is 2.43 bits per heavy atom. The Bertz CT molecular complexity index is 1130. The summed E-state index contributed by atoms with van der Waals surface area (Å²) >= 11 is 0. The van der Waals surface area contributed by atoms with Gasteiger partial charge >= 0.3 is 6.03 Å². The van der Waals surface area contributed by atoms with Gasteiger partial charge in [0.1, 0.15) is 11.4 Å². The van der Waals surface area contributed by atoms with Crippen LogP contribution in [0.5, 0.6) is 5.75 Å². The molecule has 30 heavy (non-hydrogen) atoms. The minimum Gasteiger partial charge on any atom is -0.494 e. The van der Waals surface area contributed by atoms with Crippen molar-refractivity contribution in [1.82, 2.24) is 10.6 Å². The zero-order valence-electron chi connectivity index (χ0n) is 15.5. The molecule has 0 aliphatic carbocycles. The van der Waals surface area contributed by atoms with Crippen molar-refractivity contribution >= 4 is 33.5 Å². The third kappa shape index (κ3) is 5.00. The number of rotatable bonds is 8. The average molecular weight is 431 g/mol. The second-order valence-electron chi connectivity index (χ2n) is 6.28. The van der Waals surface area contributed by atoms with Crippen molar-refractivity contribution in [2.24, 2.45) is 0 Å². The lowest BCUT2D eigenvalue weighted by molar-refractivity contribution is -0.385. The number of amides is 3. The predicted octanol–water partition coefficient (Wildman–Crippen LogP) is 2.02. The number of ether oxygens (including phenoxy) is 1. The van der Waals surface area contributed by atoms with Crippen LogP contribution in [0.15, 0.2) is 59.1 Å². The van der Waals surface area contributed by atoms with E-state index in [1.54, 1.807) is 18.2 Å². The first kappa shape index (κ1) is 21.0. The van der Waals surface area contributed by atoms with E-state index in [-0.39, 0.29) is 46.4 Å². The highest BCUT2D eigenvalue weighted by atomic mass is 32.2. The molecule has 2 aromatic carbocycles. The van der Waals surface area contributed by atoms with Crippen molar-refractivity contribution in [1.29, 1.82) is 0 Å². The molecule has 0 atom stereocenters. The number of carbonyl (C=O) groups excluding carboxylic acids is 2. The molecule has 1 heterocycles. The molecule has 3 amide bonds. The van der Waals surface area contributed by atoms with E-state index in [1.165, 1.54) is 36.4 Å². The Morgan fingerprint density at radius 2 is 1.80 bits per heavy atom. The highest BCUT2D eigenvalue weighted by molar-refractivity contribution is 7.91. The van der Waals surface area contributed by atoms with Gasteiger partial charge in [-0.2, -0.15) is 0 Å². The lowest BCUT2D eigenvalue weighted by Gasteiger charge is -2.08. The number of urea groups is 1. The third-order valence-electron chi connectivity index (χ3n) is 4.14. The Morgan fingerprint density at radius 1 is 1.07 bits per heavy atom. The summed E-state index contributed by atoms with van der Waals surface area (Å²) in [6.07, 6.45) is 1.38. The fourth-order valence-electron chi connectivity index (χ4n) is 2.73. The number of nitrogens with zero attached hydrogens (tertiary/aromatic N) is 1. The van der Waals surface area contributed by atoms with Crippen molar-refractivity contribution in [3.8, 4) is 5.75 Å². The number of nitro groups is 1. The molecule has 0 bridgehead atoms. The van der Waals surface area contributed by atoms with Crippen molar-refractivity contribution in [3.63, 3.8) is 0 Å². The standard InChI is InChI=1S/C19H17N3O7S/c23-18-16(20-19(24)21-18)12-13-11-14(7-8-17(13)22(25)26)29-9-4-10-30(27,28)15-5-2-1-3-6-15/h1-3,5-8,11-12H,4,9-10H2,(H2,20,21,23,24)/b16-12+. The number of sulfone groups is 1. The number of imide groups is 1. The normalized spacial score (nSPS) is 15.0. The maximum Gasteiger partial charge on any atom is 0.326 e. The van der Waals surface area contributed by atoms with Crippen LogP contribution in [0.25, 0.3) is 6.08 Å². The van der Waals surface area contributed by atoms with Crippen molar-refractivity contribution < 1.29 is 27.7 Å². The lowest BCUT2D eigenvalue weighted by Crippen LogP contribution is -2.22. The van der Waals surface area contributed by atoms with Gasteiger partial charge in [-0.25, -0.2) is 13.2 Å². The molecule has 0 unspecified atom stereocenters. The number of benzene rings is 2. The summed E-state index contributed by atoms with van der Waals surface area (Å²) in [7, 11) is -3.43. The monoisotopic (exact) mass is 431 g/mol. The van der Waals surface area contributed by atoms with Gasteiger partial charge in [0, 0.05) is 6.07 Å². The molecule has 10 nitrogen and oxygen atoms in total. The fraction of sp³-hybridized carbons (Fsp3) is 0.158. The molecule has 3 rings (SSSR count). The minimum atomic E-state index is -3.43. The highest BCUT2D eigenvalue weighted by Crippen LogP contribution is 2.26. The second-order valence-corrected chi connectivity index (χ2v) is 8.39. The fourth-order valence-corrected chi connectivity index (χ4v) is 4.03. The van der Waals surface area contributed by atoms with E-state index in [2.05, 4.69) is 5.32 Å². The van der Waals surface area contributed by atoms with Crippen LogP contribution in [-0.2, 0) is 14.6 Å². The first-order chi connectivity index (χ1) is 14.3.